The summed E-state index contributed by atoms with van der Waals surface area (Å²) in [6.45, 7) is 3.32. The highest BCUT2D eigenvalue weighted by Gasteiger charge is 2.23. The Morgan fingerprint density at radius 2 is 1.82 bits per heavy atom. The number of hydrogen-bond acceptors (Lipinski definition) is 7. The number of carbonyl (C=O) groups excluding carboxylic acids is 1. The number of fused-ring (bicyclic) bond motifs is 2. The number of nitrogens with zero attached hydrogens (tertiary/aromatic N) is 2. The summed E-state index contributed by atoms with van der Waals surface area (Å²) in [5.41, 5.74) is 4.43. The summed E-state index contributed by atoms with van der Waals surface area (Å²) in [5, 5.41) is 8.74. The Bertz CT molecular complexity index is 1510. The van der Waals surface area contributed by atoms with E-state index < -0.39 is 15.1 Å². The van der Waals surface area contributed by atoms with Gasteiger partial charge >= 0.3 is 0 Å². The Balaban J connectivity index is 1.50. The second-order valence-corrected chi connectivity index (χ2v) is 10.9. The van der Waals surface area contributed by atoms with Crippen molar-refractivity contribution in [3.8, 4) is 0 Å². The Kier molecular flexibility index (Phi) is 5.45. The van der Waals surface area contributed by atoms with Crippen LogP contribution in [0, 0.1) is 0 Å². The summed E-state index contributed by atoms with van der Waals surface area (Å²) in [5.74, 6) is 0.831. The number of H-pyrrole nitrogens is 1. The smallest absolute Gasteiger partial charge is 0.229 e. The molecule has 9 nitrogen and oxygen atoms in total. The molecule has 0 fully saturated rings. The Morgan fingerprint density at radius 1 is 1.00 bits per heavy atom. The predicted molar refractivity (Wildman–Crippen MR) is 133 cm³/mol. The number of benzene rings is 2. The highest BCUT2D eigenvalue weighted by molar-refractivity contribution is 7.92. The maximum Gasteiger partial charge on any atom is 0.229 e. The van der Waals surface area contributed by atoms with Crippen LogP contribution < -0.4 is 16.0 Å². The molecule has 34 heavy (non-hydrogen) atoms. The molecule has 4 aromatic rings. The number of aryl methyl sites for hydroxylation is 1. The van der Waals surface area contributed by atoms with Gasteiger partial charge in [-0.25, -0.2) is 13.4 Å². The Morgan fingerprint density at radius 3 is 2.65 bits per heavy atom. The van der Waals surface area contributed by atoms with E-state index in [1.165, 1.54) is 0 Å². The first kappa shape index (κ1) is 21.9. The third-order valence-electron chi connectivity index (χ3n) is 5.73. The van der Waals surface area contributed by atoms with E-state index in [2.05, 4.69) is 30.9 Å². The first-order valence-corrected chi connectivity index (χ1v) is 12.5. The van der Waals surface area contributed by atoms with E-state index in [1.54, 1.807) is 44.3 Å². The number of aromatic amines is 1. The molecule has 1 aliphatic rings. The van der Waals surface area contributed by atoms with Crippen molar-refractivity contribution in [1.29, 1.82) is 0 Å². The number of rotatable bonds is 6. The molecule has 5 rings (SSSR count). The van der Waals surface area contributed by atoms with Crippen molar-refractivity contribution >= 4 is 55.6 Å². The maximum atomic E-state index is 12.9. The Labute approximate surface area is 196 Å². The minimum atomic E-state index is -3.50. The lowest BCUT2D eigenvalue weighted by atomic mass is 10.0. The molecule has 0 atom stereocenters. The minimum Gasteiger partial charge on any atom is -0.357 e. The molecule has 2 aromatic heterocycles. The molecule has 3 heterocycles. The van der Waals surface area contributed by atoms with E-state index >= 15 is 0 Å². The molecular formula is C24H24N6O3S. The van der Waals surface area contributed by atoms with Crippen molar-refractivity contribution in [2.75, 3.05) is 16.0 Å². The van der Waals surface area contributed by atoms with E-state index in [1.807, 2.05) is 24.3 Å². The van der Waals surface area contributed by atoms with Crippen molar-refractivity contribution in [1.82, 2.24) is 15.0 Å². The highest BCUT2D eigenvalue weighted by Crippen LogP contribution is 2.31. The number of aromatic nitrogens is 3. The van der Waals surface area contributed by atoms with Gasteiger partial charge in [-0.05, 0) is 62.2 Å². The minimum absolute atomic E-state index is 0.0185. The lowest BCUT2D eigenvalue weighted by Crippen LogP contribution is -2.18. The fraction of sp³-hybridized carbons (Fsp3) is 0.208. The van der Waals surface area contributed by atoms with E-state index in [-0.39, 0.29) is 10.8 Å². The molecule has 0 spiro atoms. The number of para-hydroxylation sites is 1. The quantitative estimate of drug-likeness (QED) is 0.322. The molecule has 0 saturated heterocycles. The van der Waals surface area contributed by atoms with Gasteiger partial charge in [0.1, 0.15) is 5.52 Å². The van der Waals surface area contributed by atoms with Crippen molar-refractivity contribution in [3.63, 3.8) is 0 Å². The van der Waals surface area contributed by atoms with E-state index in [0.717, 1.165) is 16.9 Å². The van der Waals surface area contributed by atoms with Gasteiger partial charge in [0.15, 0.2) is 15.7 Å². The van der Waals surface area contributed by atoms with Crippen molar-refractivity contribution in [2.24, 2.45) is 0 Å². The van der Waals surface area contributed by atoms with Crippen molar-refractivity contribution < 1.29 is 13.2 Å². The lowest BCUT2D eigenvalue weighted by molar-refractivity contribution is -0.116. The van der Waals surface area contributed by atoms with Crippen LogP contribution in [0.1, 0.15) is 25.8 Å². The maximum absolute atomic E-state index is 12.9. The number of nitrogens with one attached hydrogen (secondary N) is 4. The van der Waals surface area contributed by atoms with Crippen LogP contribution in [0.4, 0.5) is 28.8 Å². The van der Waals surface area contributed by atoms with Gasteiger partial charge in [0.05, 0.1) is 21.3 Å². The first-order chi connectivity index (χ1) is 16.3. The van der Waals surface area contributed by atoms with Crippen LogP contribution in [0.3, 0.4) is 0 Å². The fourth-order valence-corrected chi connectivity index (χ4v) is 5.08. The van der Waals surface area contributed by atoms with Gasteiger partial charge < -0.3 is 20.9 Å². The van der Waals surface area contributed by atoms with E-state index in [9.17, 15) is 13.2 Å². The van der Waals surface area contributed by atoms with Crippen LogP contribution in [0.2, 0.25) is 0 Å². The topological polar surface area (TPSA) is 129 Å². The molecule has 2 aromatic carbocycles. The van der Waals surface area contributed by atoms with Crippen LogP contribution >= 0.6 is 0 Å². The lowest BCUT2D eigenvalue weighted by Gasteiger charge is -2.18. The number of amides is 1. The third kappa shape index (κ3) is 4.08. The second-order valence-electron chi connectivity index (χ2n) is 8.39. The van der Waals surface area contributed by atoms with Gasteiger partial charge in [-0.1, -0.05) is 12.1 Å². The first-order valence-electron chi connectivity index (χ1n) is 11.0. The third-order valence-corrected chi connectivity index (χ3v) is 7.94. The second kappa shape index (κ2) is 8.45. The van der Waals surface area contributed by atoms with Gasteiger partial charge in [0, 0.05) is 24.0 Å². The van der Waals surface area contributed by atoms with Crippen LogP contribution in [0.5, 0.6) is 0 Å². The van der Waals surface area contributed by atoms with E-state index in [0.29, 0.717) is 41.3 Å². The number of carbonyl (C=O) groups is 1. The summed E-state index contributed by atoms with van der Waals surface area (Å²) in [6.07, 6.45) is 2.88. The molecule has 0 bridgehead atoms. The summed E-state index contributed by atoms with van der Waals surface area (Å²) >= 11 is 0. The van der Waals surface area contributed by atoms with Crippen molar-refractivity contribution in [2.45, 2.75) is 36.8 Å². The SMILES string of the molecule is CC(C)S(=O)(=O)c1ccccc1Nc1nc(Nc2ccc3c(c2)CCC(=O)N3)nc2cc[nH]c12. The molecule has 1 aliphatic heterocycles. The number of sulfone groups is 1. The van der Waals surface area contributed by atoms with Crippen LogP contribution in [0.25, 0.3) is 11.0 Å². The van der Waals surface area contributed by atoms with Crippen LogP contribution in [-0.2, 0) is 21.1 Å². The van der Waals surface area contributed by atoms with Crippen LogP contribution in [0.15, 0.2) is 59.6 Å². The predicted octanol–water partition coefficient (Wildman–Crippen LogP) is 4.51. The molecule has 0 radical (unpaired) electrons. The zero-order valence-electron chi connectivity index (χ0n) is 18.7. The average molecular weight is 477 g/mol. The molecule has 1 amide bonds. The summed E-state index contributed by atoms with van der Waals surface area (Å²) in [7, 11) is -3.50. The monoisotopic (exact) mass is 476 g/mol. The summed E-state index contributed by atoms with van der Waals surface area (Å²) in [6, 6.07) is 14.3. The number of hydrogen-bond donors (Lipinski definition) is 4. The highest BCUT2D eigenvalue weighted by atomic mass is 32.2. The summed E-state index contributed by atoms with van der Waals surface area (Å²) in [4.78, 5) is 24.2. The van der Waals surface area contributed by atoms with Crippen molar-refractivity contribution in [3.05, 3.63) is 60.3 Å². The van der Waals surface area contributed by atoms with Gasteiger partial charge in [0.25, 0.3) is 0 Å². The molecule has 4 N–H and O–H groups in total. The molecule has 0 saturated carbocycles. The standard InChI is InChI=1S/C24H24N6O3S/c1-14(2)34(32,33)20-6-4-3-5-18(20)28-23-22-19(11-12-25-22)29-24(30-23)26-16-8-9-17-15(13-16)7-10-21(31)27-17/h3-6,8-9,11-14,25H,7,10H2,1-2H3,(H,27,31)(H2,26,28,29,30). The molecule has 174 valence electrons. The zero-order valence-corrected chi connectivity index (χ0v) is 19.5. The fourth-order valence-electron chi connectivity index (χ4n) is 3.88. The normalized spacial score (nSPS) is 13.6. The molecule has 10 heteroatoms. The van der Waals surface area contributed by atoms with Gasteiger partial charge in [-0.15, -0.1) is 0 Å². The van der Waals surface area contributed by atoms with Gasteiger partial charge in [-0.2, -0.15) is 4.98 Å². The van der Waals surface area contributed by atoms with Crippen LogP contribution in [-0.4, -0.2) is 34.5 Å². The average Bonchev–Trinajstić information content (AvgIpc) is 3.28. The zero-order chi connectivity index (χ0) is 23.9. The summed E-state index contributed by atoms with van der Waals surface area (Å²) < 4.78 is 25.8. The molecular weight excluding hydrogens is 452 g/mol. The Hall–Kier alpha value is -3.92. The van der Waals surface area contributed by atoms with Gasteiger partial charge in [0.2, 0.25) is 11.9 Å². The number of anilines is 5. The molecule has 0 aliphatic carbocycles. The molecule has 0 unspecified atom stereocenters. The van der Waals surface area contributed by atoms with Gasteiger partial charge in [-0.3, -0.25) is 4.79 Å². The van der Waals surface area contributed by atoms with E-state index in [4.69, 9.17) is 0 Å². The largest absolute Gasteiger partial charge is 0.357 e.